The molecule has 30 heavy (non-hydrogen) atoms. The molecule has 166 valence electrons. The average Bonchev–Trinajstić information content (AvgIpc) is 3.06. The highest BCUT2D eigenvalue weighted by atomic mass is 32.2. The number of nitrogens with one attached hydrogen (secondary N) is 2. The molecule has 2 fully saturated rings. The van der Waals surface area contributed by atoms with E-state index in [0.717, 1.165) is 0 Å². The molecule has 2 aromatic rings. The van der Waals surface area contributed by atoms with Crippen LogP contribution in [0.2, 0.25) is 0 Å². The van der Waals surface area contributed by atoms with Gasteiger partial charge in [-0.05, 0) is 32.0 Å². The molecule has 0 bridgehead atoms. The molecule has 2 atom stereocenters. The van der Waals surface area contributed by atoms with Crippen molar-refractivity contribution in [2.24, 2.45) is 0 Å². The third kappa shape index (κ3) is 3.92. The van der Waals surface area contributed by atoms with E-state index in [1.165, 1.54) is 31.1 Å². The van der Waals surface area contributed by atoms with Crippen molar-refractivity contribution in [3.63, 3.8) is 0 Å². The van der Waals surface area contributed by atoms with Crippen LogP contribution in [0, 0.1) is 0 Å². The predicted octanol–water partition coefficient (Wildman–Crippen LogP) is -0.483. The quantitative estimate of drug-likeness (QED) is 0.634. The van der Waals surface area contributed by atoms with Crippen molar-refractivity contribution in [2.75, 3.05) is 39.3 Å². The van der Waals surface area contributed by atoms with Gasteiger partial charge in [0.1, 0.15) is 0 Å². The van der Waals surface area contributed by atoms with E-state index >= 15 is 0 Å². The van der Waals surface area contributed by atoms with Crippen LogP contribution in [0.5, 0.6) is 0 Å². The standard InChI is InChI=1S/C17H25N5O6S2/c1-12-10-22(11-13(2)28-12)30(26,27)21-7-5-20(6-8-21)29(24,25)14-3-4-15-16(9-14)19-17(23)18-15/h3-4,9,12-13H,5-8,10-11H2,1-2H3,(H2,18,19,23). The Morgan fingerprint density at radius 2 is 1.43 bits per heavy atom. The summed E-state index contributed by atoms with van der Waals surface area (Å²) in [5, 5.41) is 0. The molecule has 0 amide bonds. The number of hydrogen-bond acceptors (Lipinski definition) is 6. The van der Waals surface area contributed by atoms with Gasteiger partial charge in [0.25, 0.3) is 10.2 Å². The van der Waals surface area contributed by atoms with Crippen molar-refractivity contribution in [1.82, 2.24) is 22.9 Å². The van der Waals surface area contributed by atoms with Crippen LogP contribution in [0.25, 0.3) is 11.0 Å². The molecular weight excluding hydrogens is 434 g/mol. The molecule has 0 spiro atoms. The molecule has 2 unspecified atom stereocenters. The summed E-state index contributed by atoms with van der Waals surface area (Å²) < 4.78 is 61.6. The number of morpholine rings is 1. The van der Waals surface area contributed by atoms with E-state index in [-0.39, 0.29) is 56.4 Å². The minimum atomic E-state index is -3.81. The molecule has 0 aliphatic carbocycles. The predicted molar refractivity (Wildman–Crippen MR) is 110 cm³/mol. The van der Waals surface area contributed by atoms with Gasteiger partial charge in [0.05, 0.1) is 28.1 Å². The Balaban J connectivity index is 1.48. The lowest BCUT2D eigenvalue weighted by Gasteiger charge is -2.39. The Kier molecular flexibility index (Phi) is 5.53. The average molecular weight is 460 g/mol. The van der Waals surface area contributed by atoms with Gasteiger partial charge < -0.3 is 14.7 Å². The van der Waals surface area contributed by atoms with Crippen molar-refractivity contribution in [2.45, 2.75) is 31.0 Å². The van der Waals surface area contributed by atoms with Crippen LogP contribution < -0.4 is 5.69 Å². The second-order valence-electron chi connectivity index (χ2n) is 7.67. The Labute approximate surface area is 174 Å². The molecule has 1 aromatic carbocycles. The maximum absolute atomic E-state index is 13.0. The first-order valence-corrected chi connectivity index (χ1v) is 12.5. The first-order valence-electron chi connectivity index (χ1n) is 9.70. The largest absolute Gasteiger partial charge is 0.373 e. The van der Waals surface area contributed by atoms with Gasteiger partial charge in [-0.15, -0.1) is 0 Å². The molecule has 2 N–H and O–H groups in total. The van der Waals surface area contributed by atoms with Gasteiger partial charge >= 0.3 is 5.69 Å². The SMILES string of the molecule is CC1CN(S(=O)(=O)N2CCN(S(=O)(=O)c3ccc4[nH]c(=O)[nH]c4c3)CC2)CC(C)O1. The molecule has 4 rings (SSSR count). The zero-order valence-corrected chi connectivity index (χ0v) is 18.4. The second kappa shape index (κ2) is 7.73. The van der Waals surface area contributed by atoms with E-state index in [2.05, 4.69) is 9.97 Å². The second-order valence-corrected chi connectivity index (χ2v) is 11.5. The summed E-state index contributed by atoms with van der Waals surface area (Å²) >= 11 is 0. The van der Waals surface area contributed by atoms with Crippen LogP contribution in [0.4, 0.5) is 0 Å². The maximum Gasteiger partial charge on any atom is 0.323 e. The molecule has 2 saturated heterocycles. The highest BCUT2D eigenvalue weighted by Crippen LogP contribution is 2.23. The van der Waals surface area contributed by atoms with Gasteiger partial charge in [-0.2, -0.15) is 21.3 Å². The van der Waals surface area contributed by atoms with E-state index in [0.29, 0.717) is 11.0 Å². The summed E-state index contributed by atoms with van der Waals surface area (Å²) in [5.41, 5.74) is 0.506. The van der Waals surface area contributed by atoms with E-state index in [1.54, 1.807) is 0 Å². The Hall–Kier alpha value is -1.77. The van der Waals surface area contributed by atoms with Gasteiger partial charge in [-0.1, -0.05) is 0 Å². The van der Waals surface area contributed by atoms with Gasteiger partial charge in [0.2, 0.25) is 10.0 Å². The minimum Gasteiger partial charge on any atom is -0.373 e. The van der Waals surface area contributed by atoms with Crippen LogP contribution in [-0.4, -0.2) is 91.2 Å². The fraction of sp³-hybridized carbons (Fsp3) is 0.588. The van der Waals surface area contributed by atoms with E-state index in [4.69, 9.17) is 4.74 Å². The lowest BCUT2D eigenvalue weighted by Crippen LogP contribution is -2.57. The van der Waals surface area contributed by atoms with Crippen LogP contribution in [0.1, 0.15) is 13.8 Å². The zero-order chi connectivity index (χ0) is 21.7. The molecule has 13 heteroatoms. The summed E-state index contributed by atoms with van der Waals surface area (Å²) in [6.45, 7) is 4.47. The van der Waals surface area contributed by atoms with Gasteiger partial charge in [0.15, 0.2) is 0 Å². The normalized spacial score (nSPS) is 25.7. The molecule has 2 aliphatic heterocycles. The van der Waals surface area contributed by atoms with Gasteiger partial charge in [-0.3, -0.25) is 0 Å². The highest BCUT2D eigenvalue weighted by Gasteiger charge is 2.38. The number of piperazine rings is 1. The molecule has 11 nitrogen and oxygen atoms in total. The number of hydrogen-bond donors (Lipinski definition) is 2. The fourth-order valence-corrected chi connectivity index (χ4v) is 7.14. The number of rotatable bonds is 4. The summed E-state index contributed by atoms with van der Waals surface area (Å²) in [6.07, 6.45) is -0.389. The topological polar surface area (TPSA) is 136 Å². The van der Waals surface area contributed by atoms with Crippen LogP contribution >= 0.6 is 0 Å². The van der Waals surface area contributed by atoms with Crippen LogP contribution in [-0.2, 0) is 25.0 Å². The molecule has 1 aromatic heterocycles. The number of H-pyrrole nitrogens is 2. The molecule has 3 heterocycles. The van der Waals surface area contributed by atoms with Crippen molar-refractivity contribution >= 4 is 31.3 Å². The number of fused-ring (bicyclic) bond motifs is 1. The summed E-state index contributed by atoms with van der Waals surface area (Å²) in [7, 11) is -7.50. The van der Waals surface area contributed by atoms with Crippen molar-refractivity contribution in [1.29, 1.82) is 0 Å². The number of aromatic amines is 2. The highest BCUT2D eigenvalue weighted by molar-refractivity contribution is 7.89. The summed E-state index contributed by atoms with van der Waals surface area (Å²) in [6, 6.07) is 4.37. The number of sulfonamides is 1. The third-order valence-electron chi connectivity index (χ3n) is 5.36. The lowest BCUT2D eigenvalue weighted by molar-refractivity contribution is -0.0456. The number of imidazole rings is 1. The van der Waals surface area contributed by atoms with Gasteiger partial charge in [-0.25, -0.2) is 13.2 Å². The Morgan fingerprint density at radius 1 is 0.867 bits per heavy atom. The first kappa shape index (κ1) is 21.5. The van der Waals surface area contributed by atoms with Gasteiger partial charge in [0, 0.05) is 39.3 Å². The fourth-order valence-electron chi connectivity index (χ4n) is 3.94. The summed E-state index contributed by atoms with van der Waals surface area (Å²) in [5.74, 6) is 0. The first-order chi connectivity index (χ1) is 14.1. The molecule has 0 saturated carbocycles. The smallest absolute Gasteiger partial charge is 0.323 e. The van der Waals surface area contributed by atoms with Crippen molar-refractivity contribution in [3.05, 3.63) is 28.7 Å². The molecule has 2 aliphatic rings. The van der Waals surface area contributed by atoms with Crippen LogP contribution in [0.3, 0.4) is 0 Å². The molecule has 0 radical (unpaired) electrons. The number of benzene rings is 1. The number of aromatic nitrogens is 2. The zero-order valence-electron chi connectivity index (χ0n) is 16.7. The monoisotopic (exact) mass is 459 g/mol. The van der Waals surface area contributed by atoms with E-state index in [1.807, 2.05) is 13.8 Å². The molecular formula is C17H25N5O6S2. The number of nitrogens with zero attached hydrogens (tertiary/aromatic N) is 3. The summed E-state index contributed by atoms with van der Waals surface area (Å²) in [4.78, 5) is 16.6. The number of ether oxygens (including phenoxy) is 1. The Bertz CT molecular complexity index is 1190. The lowest BCUT2D eigenvalue weighted by atomic mass is 10.3. The van der Waals surface area contributed by atoms with Crippen LogP contribution in [0.15, 0.2) is 27.9 Å². The van der Waals surface area contributed by atoms with Crippen molar-refractivity contribution in [3.8, 4) is 0 Å². The third-order valence-corrected chi connectivity index (χ3v) is 9.22. The van der Waals surface area contributed by atoms with E-state index < -0.39 is 25.9 Å². The maximum atomic E-state index is 13.0. The minimum absolute atomic E-state index is 0.0531. The van der Waals surface area contributed by atoms with Crippen molar-refractivity contribution < 1.29 is 21.6 Å². The Morgan fingerprint density at radius 3 is 2.07 bits per heavy atom. The van der Waals surface area contributed by atoms with E-state index in [9.17, 15) is 21.6 Å².